The maximum atomic E-state index is 10.8. The molecule has 0 aliphatic carbocycles. The Morgan fingerprint density at radius 2 is 2.18 bits per heavy atom. The minimum absolute atomic E-state index is 0.0213. The predicted octanol–water partition coefficient (Wildman–Crippen LogP) is 2.15. The van der Waals surface area contributed by atoms with Gasteiger partial charge in [-0.25, -0.2) is 9.78 Å². The van der Waals surface area contributed by atoms with E-state index in [1.54, 1.807) is 19.3 Å². The van der Waals surface area contributed by atoms with E-state index < -0.39 is 5.97 Å². The summed E-state index contributed by atoms with van der Waals surface area (Å²) in [4.78, 5) is 15.0. The average molecular weight is 234 g/mol. The van der Waals surface area contributed by atoms with E-state index in [2.05, 4.69) is 4.98 Å². The lowest BCUT2D eigenvalue weighted by molar-refractivity contribution is 0.0661. The Morgan fingerprint density at radius 1 is 1.47 bits per heavy atom. The summed E-state index contributed by atoms with van der Waals surface area (Å²) in [5.41, 5.74) is 2.91. The van der Waals surface area contributed by atoms with Crippen LogP contribution < -0.4 is 0 Å². The largest absolute Gasteiger partial charge is 0.475 e. The summed E-state index contributed by atoms with van der Waals surface area (Å²) in [6.45, 7) is 6.27. The summed E-state index contributed by atoms with van der Waals surface area (Å²) in [5.74, 6) is -0.432. The summed E-state index contributed by atoms with van der Waals surface area (Å²) in [6.07, 6.45) is 1.75. The van der Waals surface area contributed by atoms with Crippen LogP contribution in [0.1, 0.15) is 33.3 Å². The molecule has 0 aliphatic heterocycles. The van der Waals surface area contributed by atoms with Gasteiger partial charge >= 0.3 is 5.97 Å². The topological polar surface area (TPSA) is 68.3 Å². The molecule has 0 unspecified atom stereocenters. The van der Waals surface area contributed by atoms with Gasteiger partial charge in [-0.15, -0.1) is 0 Å². The molecule has 0 spiro atoms. The fourth-order valence-corrected chi connectivity index (χ4v) is 1.67. The van der Waals surface area contributed by atoms with Crippen LogP contribution >= 0.6 is 0 Å². The van der Waals surface area contributed by atoms with E-state index in [-0.39, 0.29) is 5.76 Å². The highest BCUT2D eigenvalue weighted by molar-refractivity contribution is 5.84. The van der Waals surface area contributed by atoms with Crippen LogP contribution in [0.3, 0.4) is 0 Å². The maximum absolute atomic E-state index is 10.8. The number of imidazole rings is 1. The first-order valence-electron chi connectivity index (χ1n) is 5.30. The zero-order valence-electron chi connectivity index (χ0n) is 10.0. The fraction of sp³-hybridized carbons (Fsp3) is 0.333. The van der Waals surface area contributed by atoms with Crippen LogP contribution in [0.5, 0.6) is 0 Å². The Morgan fingerprint density at radius 3 is 2.65 bits per heavy atom. The molecule has 0 aliphatic rings. The number of aryl methyl sites for hydroxylation is 2. The Bertz CT molecular complexity index is 566. The number of carbonyl (C=O) groups is 1. The van der Waals surface area contributed by atoms with Crippen molar-refractivity contribution in [2.45, 2.75) is 27.3 Å². The summed E-state index contributed by atoms with van der Waals surface area (Å²) in [7, 11) is 0. The molecule has 1 N–H and O–H groups in total. The second-order valence-corrected chi connectivity index (χ2v) is 4.04. The van der Waals surface area contributed by atoms with Crippen LogP contribution in [0.4, 0.5) is 0 Å². The SMILES string of the molecule is Cc1ncn(Cc2cc(C(=O)O)oc2C)c1C. The second kappa shape index (κ2) is 4.08. The Labute approximate surface area is 98.7 Å². The van der Waals surface area contributed by atoms with E-state index in [1.807, 2.05) is 18.4 Å². The van der Waals surface area contributed by atoms with Crippen LogP contribution in [0.25, 0.3) is 0 Å². The standard InChI is InChI=1S/C12H14N2O3/c1-7-8(2)14(6-13-7)5-10-4-11(12(15)16)17-9(10)3/h4,6H,5H2,1-3H3,(H,15,16). The number of rotatable bonds is 3. The zero-order chi connectivity index (χ0) is 12.6. The van der Waals surface area contributed by atoms with Crippen molar-refractivity contribution in [3.63, 3.8) is 0 Å². The van der Waals surface area contributed by atoms with Gasteiger partial charge in [0.05, 0.1) is 18.6 Å². The van der Waals surface area contributed by atoms with Crippen molar-refractivity contribution in [1.29, 1.82) is 0 Å². The first kappa shape index (κ1) is 11.4. The number of carboxylic acid groups (broad SMARTS) is 1. The Balaban J connectivity index is 2.30. The van der Waals surface area contributed by atoms with Gasteiger partial charge in [-0.05, 0) is 26.8 Å². The van der Waals surface area contributed by atoms with Gasteiger partial charge in [0.1, 0.15) is 5.76 Å². The first-order chi connectivity index (χ1) is 7.99. The van der Waals surface area contributed by atoms with Crippen LogP contribution in [-0.4, -0.2) is 20.6 Å². The molecule has 0 saturated heterocycles. The molecule has 2 rings (SSSR count). The molecule has 0 saturated carbocycles. The lowest BCUT2D eigenvalue weighted by Gasteiger charge is -2.03. The van der Waals surface area contributed by atoms with Crippen molar-refractivity contribution < 1.29 is 14.3 Å². The molecule has 5 nitrogen and oxygen atoms in total. The maximum Gasteiger partial charge on any atom is 0.371 e. The Hall–Kier alpha value is -2.04. The highest BCUT2D eigenvalue weighted by Gasteiger charge is 2.14. The number of aromatic carboxylic acids is 1. The molecule has 2 aromatic heterocycles. The number of aromatic nitrogens is 2. The molecule has 0 aromatic carbocycles. The van der Waals surface area contributed by atoms with E-state index in [0.29, 0.717) is 12.3 Å². The van der Waals surface area contributed by atoms with E-state index in [4.69, 9.17) is 9.52 Å². The lowest BCUT2D eigenvalue weighted by Crippen LogP contribution is -2.00. The zero-order valence-corrected chi connectivity index (χ0v) is 10.0. The van der Waals surface area contributed by atoms with Crippen LogP contribution in [-0.2, 0) is 6.54 Å². The van der Waals surface area contributed by atoms with Crippen molar-refractivity contribution in [2.24, 2.45) is 0 Å². The smallest absolute Gasteiger partial charge is 0.371 e. The van der Waals surface area contributed by atoms with Gasteiger partial charge in [-0.1, -0.05) is 0 Å². The van der Waals surface area contributed by atoms with Gasteiger partial charge in [0.25, 0.3) is 0 Å². The number of hydrogen-bond acceptors (Lipinski definition) is 3. The fourth-order valence-electron chi connectivity index (χ4n) is 1.67. The number of hydrogen-bond donors (Lipinski definition) is 1. The van der Waals surface area contributed by atoms with Gasteiger partial charge in [0.2, 0.25) is 5.76 Å². The van der Waals surface area contributed by atoms with Gasteiger partial charge < -0.3 is 14.1 Å². The quantitative estimate of drug-likeness (QED) is 0.883. The molecular weight excluding hydrogens is 220 g/mol. The van der Waals surface area contributed by atoms with E-state index in [0.717, 1.165) is 17.0 Å². The third-order valence-electron chi connectivity index (χ3n) is 2.92. The molecular formula is C12H14N2O3. The van der Waals surface area contributed by atoms with Gasteiger partial charge in [0, 0.05) is 11.3 Å². The second-order valence-electron chi connectivity index (χ2n) is 4.04. The summed E-state index contributed by atoms with van der Waals surface area (Å²) < 4.78 is 7.13. The van der Waals surface area contributed by atoms with Crippen LogP contribution in [0.15, 0.2) is 16.8 Å². The third-order valence-corrected chi connectivity index (χ3v) is 2.92. The van der Waals surface area contributed by atoms with Gasteiger partial charge in [-0.2, -0.15) is 0 Å². The summed E-state index contributed by atoms with van der Waals surface area (Å²) in [5, 5.41) is 8.83. The molecule has 0 bridgehead atoms. The monoisotopic (exact) mass is 234 g/mol. The van der Waals surface area contributed by atoms with Gasteiger partial charge in [-0.3, -0.25) is 0 Å². The normalized spacial score (nSPS) is 10.8. The number of furan rings is 1. The summed E-state index contributed by atoms with van der Waals surface area (Å²) >= 11 is 0. The highest BCUT2D eigenvalue weighted by atomic mass is 16.4. The lowest BCUT2D eigenvalue weighted by atomic mass is 10.2. The van der Waals surface area contributed by atoms with Crippen molar-refractivity contribution in [1.82, 2.24) is 9.55 Å². The van der Waals surface area contributed by atoms with Gasteiger partial charge in [0.15, 0.2) is 0 Å². The number of carboxylic acids is 1. The predicted molar refractivity (Wildman–Crippen MR) is 61.2 cm³/mol. The van der Waals surface area contributed by atoms with Crippen LogP contribution in [0, 0.1) is 20.8 Å². The minimum atomic E-state index is -1.04. The molecule has 5 heteroatoms. The highest BCUT2D eigenvalue weighted by Crippen LogP contribution is 2.17. The van der Waals surface area contributed by atoms with Crippen molar-refractivity contribution in [3.8, 4) is 0 Å². The van der Waals surface area contributed by atoms with E-state index in [9.17, 15) is 4.79 Å². The molecule has 2 aromatic rings. The van der Waals surface area contributed by atoms with E-state index >= 15 is 0 Å². The molecule has 0 fully saturated rings. The molecule has 0 radical (unpaired) electrons. The molecule has 17 heavy (non-hydrogen) atoms. The molecule has 2 heterocycles. The van der Waals surface area contributed by atoms with Crippen molar-refractivity contribution in [3.05, 3.63) is 40.9 Å². The number of nitrogens with zero attached hydrogens (tertiary/aromatic N) is 2. The first-order valence-corrected chi connectivity index (χ1v) is 5.30. The molecule has 0 amide bonds. The van der Waals surface area contributed by atoms with Crippen molar-refractivity contribution >= 4 is 5.97 Å². The molecule has 90 valence electrons. The minimum Gasteiger partial charge on any atom is -0.475 e. The Kier molecular flexibility index (Phi) is 2.75. The van der Waals surface area contributed by atoms with E-state index in [1.165, 1.54) is 0 Å². The van der Waals surface area contributed by atoms with Crippen LogP contribution in [0.2, 0.25) is 0 Å². The average Bonchev–Trinajstić information content (AvgIpc) is 2.77. The summed E-state index contributed by atoms with van der Waals surface area (Å²) in [6, 6.07) is 1.56. The third kappa shape index (κ3) is 2.08. The van der Waals surface area contributed by atoms with Crippen molar-refractivity contribution in [2.75, 3.05) is 0 Å². The molecule has 0 atom stereocenters.